The average molecular weight is 259 g/mol. The monoisotopic (exact) mass is 259 g/mol. The van der Waals surface area contributed by atoms with Crippen molar-refractivity contribution in [3.63, 3.8) is 0 Å². The molecule has 0 aromatic heterocycles. The molecular weight excluding hydrogens is 249 g/mol. The SMILES string of the molecule is N#Cc1ccc(CS(=O)c2ccccc2F)cc1. The van der Waals surface area contributed by atoms with E-state index in [2.05, 4.69) is 0 Å². The van der Waals surface area contributed by atoms with Gasteiger partial charge in [0.15, 0.2) is 0 Å². The lowest BCUT2D eigenvalue weighted by Gasteiger charge is -2.03. The summed E-state index contributed by atoms with van der Waals surface area (Å²) in [4.78, 5) is 0.210. The molecule has 2 rings (SSSR count). The van der Waals surface area contributed by atoms with Gasteiger partial charge in [0, 0.05) is 0 Å². The quantitative estimate of drug-likeness (QED) is 0.850. The molecule has 0 aliphatic rings. The summed E-state index contributed by atoms with van der Waals surface area (Å²) in [5.74, 6) is -0.211. The van der Waals surface area contributed by atoms with Crippen molar-refractivity contribution in [1.82, 2.24) is 0 Å². The van der Waals surface area contributed by atoms with Gasteiger partial charge in [0.2, 0.25) is 0 Å². The Morgan fingerprint density at radius 2 is 1.78 bits per heavy atom. The lowest BCUT2D eigenvalue weighted by atomic mass is 10.2. The maximum atomic E-state index is 13.4. The molecule has 0 bridgehead atoms. The van der Waals surface area contributed by atoms with Crippen molar-refractivity contribution in [2.75, 3.05) is 0 Å². The van der Waals surface area contributed by atoms with E-state index in [0.29, 0.717) is 5.56 Å². The first-order valence-corrected chi connectivity index (χ1v) is 6.64. The van der Waals surface area contributed by atoms with Gasteiger partial charge in [-0.05, 0) is 29.8 Å². The first-order chi connectivity index (χ1) is 8.70. The number of hydrogen-bond acceptors (Lipinski definition) is 2. The van der Waals surface area contributed by atoms with Gasteiger partial charge < -0.3 is 0 Å². The molecule has 18 heavy (non-hydrogen) atoms. The highest BCUT2D eigenvalue weighted by Gasteiger charge is 2.09. The Labute approximate surface area is 107 Å². The van der Waals surface area contributed by atoms with Crippen LogP contribution < -0.4 is 0 Å². The van der Waals surface area contributed by atoms with Gasteiger partial charge >= 0.3 is 0 Å². The largest absolute Gasteiger partial charge is 0.254 e. The van der Waals surface area contributed by atoms with E-state index >= 15 is 0 Å². The van der Waals surface area contributed by atoms with Gasteiger partial charge in [-0.2, -0.15) is 5.26 Å². The van der Waals surface area contributed by atoms with Crippen LogP contribution in [0.1, 0.15) is 11.1 Å². The Kier molecular flexibility index (Phi) is 3.85. The van der Waals surface area contributed by atoms with E-state index in [4.69, 9.17) is 5.26 Å². The summed E-state index contributed by atoms with van der Waals surface area (Å²) in [6.45, 7) is 0. The van der Waals surface area contributed by atoms with Crippen molar-refractivity contribution < 1.29 is 8.60 Å². The van der Waals surface area contributed by atoms with Crippen LogP contribution in [0.3, 0.4) is 0 Å². The molecule has 0 saturated carbocycles. The standard InChI is InChI=1S/C14H10FNOS/c15-13-3-1-2-4-14(13)18(17)10-12-7-5-11(9-16)6-8-12/h1-8H,10H2. The zero-order chi connectivity index (χ0) is 13.0. The van der Waals surface area contributed by atoms with Crippen molar-refractivity contribution in [2.45, 2.75) is 10.6 Å². The van der Waals surface area contributed by atoms with E-state index in [1.807, 2.05) is 6.07 Å². The smallest absolute Gasteiger partial charge is 0.139 e. The predicted octanol–water partition coefficient (Wildman–Crippen LogP) is 3.01. The molecule has 0 radical (unpaired) electrons. The van der Waals surface area contributed by atoms with Crippen LogP contribution >= 0.6 is 0 Å². The lowest BCUT2D eigenvalue weighted by Crippen LogP contribution is -1.99. The van der Waals surface area contributed by atoms with Gasteiger partial charge in [0.05, 0.1) is 33.1 Å². The second-order valence-electron chi connectivity index (χ2n) is 3.73. The Morgan fingerprint density at radius 3 is 2.39 bits per heavy atom. The van der Waals surface area contributed by atoms with Gasteiger partial charge in [0.25, 0.3) is 0 Å². The van der Waals surface area contributed by atoms with Crippen LogP contribution in [-0.2, 0) is 16.6 Å². The lowest BCUT2D eigenvalue weighted by molar-refractivity contribution is 0.595. The first kappa shape index (κ1) is 12.5. The fourth-order valence-corrected chi connectivity index (χ4v) is 2.70. The van der Waals surface area contributed by atoms with Crippen LogP contribution in [0.4, 0.5) is 4.39 Å². The van der Waals surface area contributed by atoms with Gasteiger partial charge in [-0.3, -0.25) is 4.21 Å². The van der Waals surface area contributed by atoms with Crippen molar-refractivity contribution in [2.24, 2.45) is 0 Å². The molecule has 2 nitrogen and oxygen atoms in total. The second-order valence-corrected chi connectivity index (χ2v) is 5.15. The number of halogens is 1. The van der Waals surface area contributed by atoms with Crippen LogP contribution in [0.2, 0.25) is 0 Å². The molecule has 0 heterocycles. The minimum absolute atomic E-state index is 0.210. The van der Waals surface area contributed by atoms with Gasteiger partial charge in [-0.15, -0.1) is 0 Å². The Balaban J connectivity index is 2.17. The highest BCUT2D eigenvalue weighted by atomic mass is 32.2. The third-order valence-electron chi connectivity index (χ3n) is 2.46. The van der Waals surface area contributed by atoms with Crippen molar-refractivity contribution in [3.05, 3.63) is 65.5 Å². The van der Waals surface area contributed by atoms with Crippen LogP contribution in [-0.4, -0.2) is 4.21 Å². The normalized spacial score (nSPS) is 11.8. The highest BCUT2D eigenvalue weighted by Crippen LogP contribution is 2.16. The van der Waals surface area contributed by atoms with Crippen molar-refractivity contribution in [3.8, 4) is 6.07 Å². The molecule has 2 aromatic carbocycles. The summed E-state index contributed by atoms with van der Waals surface area (Å²) in [6, 6.07) is 14.9. The summed E-state index contributed by atoms with van der Waals surface area (Å²) in [6.07, 6.45) is 0. The van der Waals surface area contributed by atoms with Crippen molar-refractivity contribution in [1.29, 1.82) is 5.26 Å². The van der Waals surface area contributed by atoms with E-state index < -0.39 is 16.6 Å². The fourth-order valence-electron chi connectivity index (χ4n) is 1.53. The molecule has 0 amide bonds. The number of benzene rings is 2. The van der Waals surface area contributed by atoms with E-state index in [1.54, 1.807) is 36.4 Å². The van der Waals surface area contributed by atoms with Crippen LogP contribution in [0.5, 0.6) is 0 Å². The molecule has 1 unspecified atom stereocenters. The molecule has 4 heteroatoms. The molecule has 90 valence electrons. The molecule has 0 aliphatic heterocycles. The van der Waals surface area contributed by atoms with E-state index in [0.717, 1.165) is 5.56 Å². The summed E-state index contributed by atoms with van der Waals surface area (Å²) in [5, 5.41) is 8.67. The molecule has 0 aliphatic carbocycles. The summed E-state index contributed by atoms with van der Waals surface area (Å²) in [7, 11) is -1.41. The predicted molar refractivity (Wildman–Crippen MR) is 67.7 cm³/mol. The Morgan fingerprint density at radius 1 is 1.11 bits per heavy atom. The molecule has 0 N–H and O–H groups in total. The summed E-state index contributed by atoms with van der Waals surface area (Å²) < 4.78 is 25.4. The minimum atomic E-state index is -1.41. The molecule has 0 fully saturated rings. The van der Waals surface area contributed by atoms with Crippen molar-refractivity contribution >= 4 is 10.8 Å². The number of nitrogens with zero attached hydrogens (tertiary/aromatic N) is 1. The molecule has 0 saturated heterocycles. The molecule has 2 aromatic rings. The molecule has 0 spiro atoms. The number of nitriles is 1. The average Bonchev–Trinajstić information content (AvgIpc) is 2.40. The Hall–Kier alpha value is -1.99. The van der Waals surface area contributed by atoms with Crippen LogP contribution in [0.15, 0.2) is 53.4 Å². The zero-order valence-corrected chi connectivity index (χ0v) is 10.3. The van der Waals surface area contributed by atoms with E-state index in [1.165, 1.54) is 12.1 Å². The van der Waals surface area contributed by atoms with E-state index in [9.17, 15) is 8.60 Å². The molecule has 1 atom stereocenters. The number of rotatable bonds is 3. The third-order valence-corrected chi connectivity index (χ3v) is 3.88. The zero-order valence-electron chi connectivity index (χ0n) is 9.47. The highest BCUT2D eigenvalue weighted by molar-refractivity contribution is 7.84. The number of hydrogen-bond donors (Lipinski definition) is 0. The van der Waals surface area contributed by atoms with Gasteiger partial charge in [-0.25, -0.2) is 4.39 Å². The van der Waals surface area contributed by atoms with Gasteiger partial charge in [0.1, 0.15) is 5.82 Å². The fraction of sp³-hybridized carbons (Fsp3) is 0.0714. The topological polar surface area (TPSA) is 40.9 Å². The minimum Gasteiger partial charge on any atom is -0.254 e. The maximum Gasteiger partial charge on any atom is 0.139 e. The maximum absolute atomic E-state index is 13.4. The van der Waals surface area contributed by atoms with Gasteiger partial charge in [-0.1, -0.05) is 24.3 Å². The molecular formula is C14H10FNOS. The third kappa shape index (κ3) is 2.82. The second kappa shape index (κ2) is 5.56. The Bertz CT molecular complexity index is 616. The van der Waals surface area contributed by atoms with Crippen LogP contribution in [0, 0.1) is 17.1 Å². The van der Waals surface area contributed by atoms with Crippen LogP contribution in [0.25, 0.3) is 0 Å². The first-order valence-electron chi connectivity index (χ1n) is 5.32. The summed E-state index contributed by atoms with van der Waals surface area (Å²) in [5.41, 5.74) is 1.37. The summed E-state index contributed by atoms with van der Waals surface area (Å²) >= 11 is 0. The van der Waals surface area contributed by atoms with E-state index in [-0.39, 0.29) is 10.6 Å².